The second-order valence-corrected chi connectivity index (χ2v) is 7.79. The van der Waals surface area contributed by atoms with Crippen molar-refractivity contribution < 1.29 is 9.53 Å². The van der Waals surface area contributed by atoms with Crippen molar-refractivity contribution >= 4 is 6.09 Å². The van der Waals surface area contributed by atoms with E-state index in [1.54, 1.807) is 4.90 Å². The van der Waals surface area contributed by atoms with Gasteiger partial charge in [0.2, 0.25) is 0 Å². The minimum atomic E-state index is -0.400. The Morgan fingerprint density at radius 3 is 2.24 bits per heavy atom. The average Bonchev–Trinajstić information content (AvgIpc) is 2.59. The molecule has 1 amide bonds. The fraction of sp³-hybridized carbons (Fsp3) is 0.941. The number of rotatable bonds is 3. The SMILES string of the molecule is C[C@H](NC1CN(C(=O)OC(C)(C)C)C1)C1CCCCCC1. The number of nitrogens with zero attached hydrogens (tertiary/aromatic N) is 1. The van der Waals surface area contributed by atoms with E-state index in [0.717, 1.165) is 19.0 Å². The molecule has 1 atom stereocenters. The molecule has 21 heavy (non-hydrogen) atoms. The van der Waals surface area contributed by atoms with E-state index in [4.69, 9.17) is 4.74 Å². The molecule has 1 aliphatic heterocycles. The first-order chi connectivity index (χ1) is 9.85. The number of carbonyl (C=O) groups is 1. The van der Waals surface area contributed by atoms with Gasteiger partial charge in [-0.15, -0.1) is 0 Å². The van der Waals surface area contributed by atoms with E-state index in [-0.39, 0.29) is 6.09 Å². The lowest BCUT2D eigenvalue weighted by atomic mass is 9.92. The molecule has 0 spiro atoms. The van der Waals surface area contributed by atoms with E-state index in [1.165, 1.54) is 38.5 Å². The Hall–Kier alpha value is -0.770. The van der Waals surface area contributed by atoms with Crippen LogP contribution in [0.2, 0.25) is 0 Å². The van der Waals surface area contributed by atoms with Gasteiger partial charge in [-0.3, -0.25) is 0 Å². The topological polar surface area (TPSA) is 41.6 Å². The molecule has 0 radical (unpaired) electrons. The van der Waals surface area contributed by atoms with Crippen LogP contribution in [0.25, 0.3) is 0 Å². The molecule has 2 rings (SSSR count). The third-order valence-electron chi connectivity index (χ3n) is 4.64. The summed E-state index contributed by atoms with van der Waals surface area (Å²) in [5.41, 5.74) is -0.400. The Balaban J connectivity index is 1.68. The number of hydrogen-bond acceptors (Lipinski definition) is 3. The number of amides is 1. The summed E-state index contributed by atoms with van der Waals surface area (Å²) in [5.74, 6) is 0.808. The summed E-state index contributed by atoms with van der Waals surface area (Å²) >= 11 is 0. The average molecular weight is 296 g/mol. The van der Waals surface area contributed by atoms with Gasteiger partial charge in [-0.2, -0.15) is 0 Å². The Kier molecular flexibility index (Phi) is 5.53. The number of hydrogen-bond donors (Lipinski definition) is 1. The fourth-order valence-electron chi connectivity index (χ4n) is 3.38. The van der Waals surface area contributed by atoms with Crippen LogP contribution in [0, 0.1) is 5.92 Å². The maximum absolute atomic E-state index is 11.9. The van der Waals surface area contributed by atoms with E-state index in [0.29, 0.717) is 12.1 Å². The maximum Gasteiger partial charge on any atom is 0.410 e. The highest BCUT2D eigenvalue weighted by Crippen LogP contribution is 2.26. The lowest BCUT2D eigenvalue weighted by Gasteiger charge is -2.42. The van der Waals surface area contributed by atoms with Crippen molar-refractivity contribution in [1.82, 2.24) is 10.2 Å². The lowest BCUT2D eigenvalue weighted by Crippen LogP contribution is -2.62. The van der Waals surface area contributed by atoms with Crippen LogP contribution in [-0.4, -0.2) is 41.8 Å². The molecule has 1 aliphatic carbocycles. The molecule has 4 nitrogen and oxygen atoms in total. The van der Waals surface area contributed by atoms with Crippen LogP contribution in [-0.2, 0) is 4.74 Å². The van der Waals surface area contributed by atoms with Crippen LogP contribution in [0.5, 0.6) is 0 Å². The highest BCUT2D eigenvalue weighted by molar-refractivity contribution is 5.69. The van der Waals surface area contributed by atoms with Crippen molar-refractivity contribution in [2.75, 3.05) is 13.1 Å². The second kappa shape index (κ2) is 6.99. The molecule has 4 heteroatoms. The van der Waals surface area contributed by atoms with Gasteiger partial charge < -0.3 is 15.0 Å². The third kappa shape index (κ3) is 5.17. The van der Waals surface area contributed by atoms with E-state index < -0.39 is 5.60 Å². The van der Waals surface area contributed by atoms with Gasteiger partial charge in [0, 0.05) is 25.2 Å². The first-order valence-corrected chi connectivity index (χ1v) is 8.59. The fourth-order valence-corrected chi connectivity index (χ4v) is 3.38. The summed E-state index contributed by atoms with van der Waals surface area (Å²) in [6, 6.07) is 1.00. The third-order valence-corrected chi connectivity index (χ3v) is 4.64. The van der Waals surface area contributed by atoms with Gasteiger partial charge in [0.25, 0.3) is 0 Å². The molecule has 0 aromatic rings. The first-order valence-electron chi connectivity index (χ1n) is 8.59. The van der Waals surface area contributed by atoms with Gasteiger partial charge in [0.15, 0.2) is 0 Å². The summed E-state index contributed by atoms with van der Waals surface area (Å²) in [6.07, 6.45) is 8.10. The molecule has 1 saturated carbocycles. The smallest absolute Gasteiger partial charge is 0.410 e. The number of ether oxygens (including phenoxy) is 1. The van der Waals surface area contributed by atoms with Crippen molar-refractivity contribution in [2.45, 2.75) is 83.9 Å². The first kappa shape index (κ1) is 16.6. The zero-order chi connectivity index (χ0) is 15.5. The predicted molar refractivity (Wildman–Crippen MR) is 85.4 cm³/mol. The van der Waals surface area contributed by atoms with Gasteiger partial charge in [-0.05, 0) is 46.5 Å². The van der Waals surface area contributed by atoms with E-state index in [2.05, 4.69) is 12.2 Å². The highest BCUT2D eigenvalue weighted by atomic mass is 16.6. The monoisotopic (exact) mass is 296 g/mol. The molecule has 1 saturated heterocycles. The zero-order valence-corrected chi connectivity index (χ0v) is 14.2. The summed E-state index contributed by atoms with van der Waals surface area (Å²) in [7, 11) is 0. The minimum absolute atomic E-state index is 0.178. The summed E-state index contributed by atoms with van der Waals surface area (Å²) in [5, 5.41) is 3.71. The Morgan fingerprint density at radius 2 is 1.71 bits per heavy atom. The molecule has 0 bridgehead atoms. The standard InChI is InChI=1S/C17H32N2O2/c1-13(14-9-7-5-6-8-10-14)18-15-11-19(12-15)16(20)21-17(2,3)4/h13-15,18H,5-12H2,1-4H3/t13-/m0/s1. The molecule has 0 aromatic heterocycles. The quantitative estimate of drug-likeness (QED) is 0.810. The van der Waals surface area contributed by atoms with Crippen LogP contribution in [0.15, 0.2) is 0 Å². The van der Waals surface area contributed by atoms with Crippen LogP contribution in [0.4, 0.5) is 4.79 Å². The number of likely N-dealkylation sites (tertiary alicyclic amines) is 1. The Bertz CT molecular complexity index is 337. The molecular weight excluding hydrogens is 264 g/mol. The van der Waals surface area contributed by atoms with Crippen molar-refractivity contribution in [3.05, 3.63) is 0 Å². The highest BCUT2D eigenvalue weighted by Gasteiger charge is 2.35. The molecule has 122 valence electrons. The van der Waals surface area contributed by atoms with Gasteiger partial charge in [0.1, 0.15) is 5.60 Å². The predicted octanol–water partition coefficient (Wildman–Crippen LogP) is 3.55. The molecule has 2 fully saturated rings. The van der Waals surface area contributed by atoms with Gasteiger partial charge in [-0.25, -0.2) is 4.79 Å². The lowest BCUT2D eigenvalue weighted by molar-refractivity contribution is 0.00348. The van der Waals surface area contributed by atoms with E-state index in [9.17, 15) is 4.79 Å². The summed E-state index contributed by atoms with van der Waals surface area (Å²) < 4.78 is 5.39. The maximum atomic E-state index is 11.9. The molecule has 1 N–H and O–H groups in total. The van der Waals surface area contributed by atoms with Gasteiger partial charge in [-0.1, -0.05) is 25.7 Å². The van der Waals surface area contributed by atoms with Crippen molar-refractivity contribution in [3.8, 4) is 0 Å². The number of carbonyl (C=O) groups excluding carboxylic acids is 1. The van der Waals surface area contributed by atoms with Crippen LogP contribution < -0.4 is 5.32 Å². The molecule has 1 heterocycles. The molecular formula is C17H32N2O2. The van der Waals surface area contributed by atoms with Crippen molar-refractivity contribution in [2.24, 2.45) is 5.92 Å². The van der Waals surface area contributed by atoms with Gasteiger partial charge >= 0.3 is 6.09 Å². The minimum Gasteiger partial charge on any atom is -0.444 e. The summed E-state index contributed by atoms with van der Waals surface area (Å²) in [6.45, 7) is 9.61. The Morgan fingerprint density at radius 1 is 1.14 bits per heavy atom. The molecule has 0 aromatic carbocycles. The molecule has 0 unspecified atom stereocenters. The number of nitrogens with one attached hydrogen (secondary N) is 1. The van der Waals surface area contributed by atoms with Crippen molar-refractivity contribution in [3.63, 3.8) is 0 Å². The van der Waals surface area contributed by atoms with Crippen LogP contribution in [0.1, 0.15) is 66.2 Å². The molecule has 2 aliphatic rings. The summed E-state index contributed by atoms with van der Waals surface area (Å²) in [4.78, 5) is 13.7. The second-order valence-electron chi connectivity index (χ2n) is 7.79. The normalized spacial score (nSPS) is 23.3. The van der Waals surface area contributed by atoms with Gasteiger partial charge in [0.05, 0.1) is 0 Å². The zero-order valence-electron chi connectivity index (χ0n) is 14.2. The van der Waals surface area contributed by atoms with Crippen molar-refractivity contribution in [1.29, 1.82) is 0 Å². The van der Waals surface area contributed by atoms with Crippen LogP contribution in [0.3, 0.4) is 0 Å². The largest absolute Gasteiger partial charge is 0.444 e. The van der Waals surface area contributed by atoms with Crippen LogP contribution >= 0.6 is 0 Å². The van der Waals surface area contributed by atoms with E-state index in [1.807, 2.05) is 20.8 Å². The Labute approximate surface area is 129 Å². The van der Waals surface area contributed by atoms with E-state index >= 15 is 0 Å².